The molecule has 1 nitrogen and oxygen atoms in total. The first-order valence-corrected chi connectivity index (χ1v) is 6.38. The van der Waals surface area contributed by atoms with E-state index in [2.05, 4.69) is 50.4 Å². The zero-order chi connectivity index (χ0) is 11.6. The summed E-state index contributed by atoms with van der Waals surface area (Å²) in [6.45, 7) is 7.71. The van der Waals surface area contributed by atoms with Crippen molar-refractivity contribution in [3.8, 4) is 0 Å². The maximum atomic E-state index is 3.53. The monoisotopic (exact) mass is 217 g/mol. The molecule has 0 aromatic heterocycles. The molecule has 16 heavy (non-hydrogen) atoms. The highest BCUT2D eigenvalue weighted by Crippen LogP contribution is 2.40. The van der Waals surface area contributed by atoms with Gasteiger partial charge in [-0.3, -0.25) is 0 Å². The Morgan fingerprint density at radius 3 is 2.62 bits per heavy atom. The van der Waals surface area contributed by atoms with E-state index < -0.39 is 0 Å². The third-order valence-corrected chi connectivity index (χ3v) is 3.07. The van der Waals surface area contributed by atoms with Crippen LogP contribution >= 0.6 is 0 Å². The van der Waals surface area contributed by atoms with Gasteiger partial charge in [-0.2, -0.15) is 0 Å². The fraction of sp³-hybridized carbons (Fsp3) is 0.600. The second kappa shape index (κ2) is 4.58. The van der Waals surface area contributed by atoms with Crippen LogP contribution < -0.4 is 5.32 Å². The molecule has 1 heteroatoms. The normalized spacial score (nSPS) is 16.4. The molecule has 2 rings (SSSR count). The molecule has 1 N–H and O–H groups in total. The van der Waals surface area contributed by atoms with Crippen LogP contribution in [0.25, 0.3) is 0 Å². The van der Waals surface area contributed by atoms with Gasteiger partial charge in [0.1, 0.15) is 0 Å². The van der Waals surface area contributed by atoms with Crippen molar-refractivity contribution in [2.45, 2.75) is 51.5 Å². The minimum Gasteiger partial charge on any atom is -0.312 e. The van der Waals surface area contributed by atoms with E-state index in [4.69, 9.17) is 0 Å². The summed E-state index contributed by atoms with van der Waals surface area (Å²) in [6, 6.07) is 9.12. The fourth-order valence-electron chi connectivity index (χ4n) is 2.00. The summed E-state index contributed by atoms with van der Waals surface area (Å²) in [5.41, 5.74) is 3.25. The van der Waals surface area contributed by atoms with Gasteiger partial charge in [-0.25, -0.2) is 0 Å². The molecule has 0 amide bonds. The third kappa shape index (κ3) is 3.64. The lowest BCUT2D eigenvalue weighted by molar-refractivity contribution is 0.429. The van der Waals surface area contributed by atoms with Gasteiger partial charge in [0, 0.05) is 5.54 Å². The predicted octanol–water partition coefficient (Wildman–Crippen LogP) is 3.49. The summed E-state index contributed by atoms with van der Waals surface area (Å²) in [5, 5.41) is 3.53. The van der Waals surface area contributed by atoms with Crippen LogP contribution in [-0.2, 0) is 6.42 Å². The maximum Gasteiger partial charge on any atom is 0.00966 e. The Labute approximate surface area is 99.3 Å². The lowest BCUT2D eigenvalue weighted by atomic mass is 10.0. The molecule has 1 aromatic rings. The van der Waals surface area contributed by atoms with Gasteiger partial charge >= 0.3 is 0 Å². The maximum absolute atomic E-state index is 3.53. The summed E-state index contributed by atoms with van der Waals surface area (Å²) < 4.78 is 0. The van der Waals surface area contributed by atoms with Crippen LogP contribution in [0.5, 0.6) is 0 Å². The summed E-state index contributed by atoms with van der Waals surface area (Å²) in [5.74, 6) is 0.871. The standard InChI is InChI=1S/C15H23N/c1-15(2,3)16-10-9-12-5-4-6-14(11-12)13-7-8-13/h4-6,11,13,16H,7-10H2,1-3H3. The van der Waals surface area contributed by atoms with Crippen molar-refractivity contribution in [1.82, 2.24) is 5.32 Å². The molecule has 0 spiro atoms. The number of hydrogen-bond donors (Lipinski definition) is 1. The number of nitrogens with one attached hydrogen (secondary N) is 1. The van der Waals surface area contributed by atoms with Crippen molar-refractivity contribution < 1.29 is 0 Å². The first kappa shape index (κ1) is 11.7. The van der Waals surface area contributed by atoms with Crippen molar-refractivity contribution in [3.05, 3.63) is 35.4 Å². The molecule has 0 radical (unpaired) electrons. The molecule has 0 unspecified atom stereocenters. The van der Waals surface area contributed by atoms with Gasteiger partial charge in [-0.1, -0.05) is 24.3 Å². The summed E-state index contributed by atoms with van der Waals surface area (Å²) in [6.07, 6.45) is 3.92. The second-order valence-electron chi connectivity index (χ2n) is 5.95. The van der Waals surface area contributed by atoms with Crippen molar-refractivity contribution in [1.29, 1.82) is 0 Å². The second-order valence-corrected chi connectivity index (χ2v) is 5.95. The van der Waals surface area contributed by atoms with Crippen LogP contribution in [-0.4, -0.2) is 12.1 Å². The molecule has 1 saturated carbocycles. The summed E-state index contributed by atoms with van der Waals surface area (Å²) in [7, 11) is 0. The first-order chi connectivity index (χ1) is 7.54. The number of hydrogen-bond acceptors (Lipinski definition) is 1. The molecule has 0 heterocycles. The van der Waals surface area contributed by atoms with E-state index in [9.17, 15) is 0 Å². The van der Waals surface area contributed by atoms with E-state index in [0.29, 0.717) is 0 Å². The highest BCUT2D eigenvalue weighted by Gasteiger charge is 2.23. The Bertz CT molecular complexity index is 345. The van der Waals surface area contributed by atoms with Crippen LogP contribution in [0.15, 0.2) is 24.3 Å². The minimum absolute atomic E-state index is 0.230. The van der Waals surface area contributed by atoms with Crippen molar-refractivity contribution in [3.63, 3.8) is 0 Å². The predicted molar refractivity (Wildman–Crippen MR) is 69.9 cm³/mol. The highest BCUT2D eigenvalue weighted by molar-refractivity contribution is 5.29. The lowest BCUT2D eigenvalue weighted by Gasteiger charge is -2.20. The fourth-order valence-corrected chi connectivity index (χ4v) is 2.00. The SMILES string of the molecule is CC(C)(C)NCCc1cccc(C2CC2)c1. The average molecular weight is 217 g/mol. The average Bonchev–Trinajstić information content (AvgIpc) is 2.99. The topological polar surface area (TPSA) is 12.0 Å². The van der Waals surface area contributed by atoms with Crippen LogP contribution in [0.2, 0.25) is 0 Å². The Balaban J connectivity index is 1.86. The number of benzene rings is 1. The van der Waals surface area contributed by atoms with E-state index in [0.717, 1.165) is 18.9 Å². The van der Waals surface area contributed by atoms with Crippen LogP contribution in [0.1, 0.15) is 50.7 Å². The summed E-state index contributed by atoms with van der Waals surface area (Å²) >= 11 is 0. The van der Waals surface area contributed by atoms with Gasteiger partial charge < -0.3 is 5.32 Å². The summed E-state index contributed by atoms with van der Waals surface area (Å²) in [4.78, 5) is 0. The van der Waals surface area contributed by atoms with E-state index >= 15 is 0 Å². The lowest BCUT2D eigenvalue weighted by Crippen LogP contribution is -2.37. The molecule has 0 aliphatic heterocycles. The first-order valence-electron chi connectivity index (χ1n) is 6.38. The molecule has 1 aliphatic carbocycles. The third-order valence-electron chi connectivity index (χ3n) is 3.07. The Kier molecular flexibility index (Phi) is 3.34. The molecule has 1 aromatic carbocycles. The molecule has 1 fully saturated rings. The quantitative estimate of drug-likeness (QED) is 0.814. The van der Waals surface area contributed by atoms with Crippen LogP contribution in [0.3, 0.4) is 0 Å². The Morgan fingerprint density at radius 2 is 2.00 bits per heavy atom. The van der Waals surface area contributed by atoms with Gasteiger partial charge in [-0.05, 0) is 63.6 Å². The zero-order valence-corrected chi connectivity index (χ0v) is 10.7. The Morgan fingerprint density at radius 1 is 1.25 bits per heavy atom. The van der Waals surface area contributed by atoms with Gasteiger partial charge in [-0.15, -0.1) is 0 Å². The molecule has 0 atom stereocenters. The van der Waals surface area contributed by atoms with Gasteiger partial charge in [0.05, 0.1) is 0 Å². The largest absolute Gasteiger partial charge is 0.312 e. The van der Waals surface area contributed by atoms with Crippen molar-refractivity contribution in [2.24, 2.45) is 0 Å². The molecule has 0 bridgehead atoms. The molecular formula is C15H23N. The van der Waals surface area contributed by atoms with Crippen LogP contribution in [0, 0.1) is 0 Å². The zero-order valence-electron chi connectivity index (χ0n) is 10.7. The number of rotatable bonds is 4. The molecule has 1 aliphatic rings. The van der Waals surface area contributed by atoms with Crippen molar-refractivity contribution >= 4 is 0 Å². The Hall–Kier alpha value is -0.820. The minimum atomic E-state index is 0.230. The van der Waals surface area contributed by atoms with Crippen LogP contribution in [0.4, 0.5) is 0 Å². The van der Waals surface area contributed by atoms with Gasteiger partial charge in [0.15, 0.2) is 0 Å². The molecular weight excluding hydrogens is 194 g/mol. The highest BCUT2D eigenvalue weighted by atomic mass is 14.9. The van der Waals surface area contributed by atoms with E-state index in [1.807, 2.05) is 0 Å². The van der Waals surface area contributed by atoms with Crippen molar-refractivity contribution in [2.75, 3.05) is 6.54 Å². The van der Waals surface area contributed by atoms with E-state index in [1.165, 1.54) is 18.4 Å². The van der Waals surface area contributed by atoms with E-state index in [-0.39, 0.29) is 5.54 Å². The van der Waals surface area contributed by atoms with E-state index in [1.54, 1.807) is 5.56 Å². The van der Waals surface area contributed by atoms with Gasteiger partial charge in [0.25, 0.3) is 0 Å². The molecule has 88 valence electrons. The molecule has 0 saturated heterocycles. The van der Waals surface area contributed by atoms with Gasteiger partial charge in [0.2, 0.25) is 0 Å². The smallest absolute Gasteiger partial charge is 0.00966 e.